The van der Waals surface area contributed by atoms with E-state index in [0.717, 1.165) is 0 Å². The summed E-state index contributed by atoms with van der Waals surface area (Å²) in [5, 5.41) is 2.89. The minimum absolute atomic E-state index is 0.0916. The molecule has 1 amide bonds. The van der Waals surface area contributed by atoms with Crippen LogP contribution in [0.5, 0.6) is 0 Å². The summed E-state index contributed by atoms with van der Waals surface area (Å²) < 4.78 is 37.6. The molecule has 0 bridgehead atoms. The average Bonchev–Trinajstić information content (AvgIpc) is 3.14. The number of sulfonamides is 1. The Morgan fingerprint density at radius 1 is 1.14 bits per heavy atom. The SMILES string of the molecule is COC(=O)c1ccc(C)c(S(=O)(=O)N2CCC(NC(=O)c3ccc(C)o3)CC2)c1. The number of nitrogens with one attached hydrogen (secondary N) is 1. The Morgan fingerprint density at radius 3 is 2.41 bits per heavy atom. The first kappa shape index (κ1) is 21.1. The number of nitrogens with zero attached hydrogens (tertiary/aromatic N) is 1. The van der Waals surface area contributed by atoms with Gasteiger partial charge in [0.2, 0.25) is 10.0 Å². The second-order valence-corrected chi connectivity index (χ2v) is 8.94. The van der Waals surface area contributed by atoms with Crippen molar-refractivity contribution in [2.45, 2.75) is 37.6 Å². The summed E-state index contributed by atoms with van der Waals surface area (Å²) >= 11 is 0. The smallest absolute Gasteiger partial charge is 0.337 e. The fourth-order valence-electron chi connectivity index (χ4n) is 3.32. The van der Waals surface area contributed by atoms with Crippen LogP contribution < -0.4 is 5.32 Å². The summed E-state index contributed by atoms with van der Waals surface area (Å²) in [5.41, 5.74) is 0.744. The van der Waals surface area contributed by atoms with Gasteiger partial charge in [-0.05, 0) is 56.5 Å². The van der Waals surface area contributed by atoms with E-state index in [-0.39, 0.29) is 41.3 Å². The molecule has 1 aromatic heterocycles. The Labute approximate surface area is 169 Å². The number of amides is 1. The fraction of sp³-hybridized carbons (Fsp3) is 0.400. The lowest BCUT2D eigenvalue weighted by Crippen LogP contribution is -2.46. The number of carbonyl (C=O) groups is 2. The molecule has 0 spiro atoms. The molecule has 0 atom stereocenters. The maximum Gasteiger partial charge on any atom is 0.337 e. The maximum atomic E-state index is 13.1. The lowest BCUT2D eigenvalue weighted by atomic mass is 10.1. The van der Waals surface area contributed by atoms with Gasteiger partial charge >= 0.3 is 5.97 Å². The van der Waals surface area contributed by atoms with E-state index in [4.69, 9.17) is 4.42 Å². The van der Waals surface area contributed by atoms with Crippen molar-refractivity contribution in [3.8, 4) is 0 Å². The van der Waals surface area contributed by atoms with Gasteiger partial charge < -0.3 is 14.5 Å². The zero-order valence-corrected chi connectivity index (χ0v) is 17.4. The lowest BCUT2D eigenvalue weighted by molar-refractivity contribution is 0.0600. The maximum absolute atomic E-state index is 13.1. The van der Waals surface area contributed by atoms with E-state index in [1.54, 1.807) is 32.0 Å². The molecule has 0 saturated carbocycles. The first-order valence-electron chi connectivity index (χ1n) is 9.29. The molecule has 0 aliphatic carbocycles. The molecule has 3 rings (SSSR count). The number of benzene rings is 1. The van der Waals surface area contributed by atoms with Gasteiger partial charge in [-0.1, -0.05) is 6.07 Å². The average molecular weight is 420 g/mol. The van der Waals surface area contributed by atoms with Crippen LogP contribution in [0.3, 0.4) is 0 Å². The van der Waals surface area contributed by atoms with Gasteiger partial charge in [0, 0.05) is 19.1 Å². The van der Waals surface area contributed by atoms with Crippen LogP contribution in [0, 0.1) is 13.8 Å². The Bertz CT molecular complexity index is 1020. The molecule has 1 fully saturated rings. The third-order valence-electron chi connectivity index (χ3n) is 4.98. The monoisotopic (exact) mass is 420 g/mol. The second-order valence-electron chi connectivity index (χ2n) is 7.03. The molecule has 0 unspecified atom stereocenters. The van der Waals surface area contributed by atoms with Crippen molar-refractivity contribution in [1.82, 2.24) is 9.62 Å². The number of piperidine rings is 1. The number of esters is 1. The third-order valence-corrected chi connectivity index (χ3v) is 7.02. The molecule has 1 aliphatic heterocycles. The van der Waals surface area contributed by atoms with Crippen molar-refractivity contribution in [3.63, 3.8) is 0 Å². The van der Waals surface area contributed by atoms with Crippen LogP contribution in [0.15, 0.2) is 39.6 Å². The summed E-state index contributed by atoms with van der Waals surface area (Å²) in [6.45, 7) is 3.99. The largest absolute Gasteiger partial charge is 0.465 e. The molecule has 29 heavy (non-hydrogen) atoms. The number of ether oxygens (including phenoxy) is 1. The molecule has 9 heteroatoms. The van der Waals surface area contributed by atoms with Crippen LogP contribution in [0.4, 0.5) is 0 Å². The van der Waals surface area contributed by atoms with Crippen LogP contribution in [0.25, 0.3) is 0 Å². The van der Waals surface area contributed by atoms with E-state index in [0.29, 0.717) is 24.2 Å². The number of methoxy groups -OCH3 is 1. The summed E-state index contributed by atoms with van der Waals surface area (Å²) in [7, 11) is -2.51. The zero-order chi connectivity index (χ0) is 21.2. The quantitative estimate of drug-likeness (QED) is 0.744. The number of hydrogen-bond donors (Lipinski definition) is 1. The highest BCUT2D eigenvalue weighted by molar-refractivity contribution is 7.89. The van der Waals surface area contributed by atoms with Gasteiger partial charge in [-0.3, -0.25) is 4.79 Å². The summed E-state index contributed by atoms with van der Waals surface area (Å²) in [6, 6.07) is 7.68. The van der Waals surface area contributed by atoms with Gasteiger partial charge in [-0.2, -0.15) is 4.31 Å². The van der Waals surface area contributed by atoms with Gasteiger partial charge in [0.25, 0.3) is 5.91 Å². The van der Waals surface area contributed by atoms with Crippen LogP contribution in [0.2, 0.25) is 0 Å². The van der Waals surface area contributed by atoms with Crippen molar-refractivity contribution >= 4 is 21.9 Å². The normalized spacial score (nSPS) is 15.8. The molecule has 0 radical (unpaired) electrons. The van der Waals surface area contributed by atoms with Crippen molar-refractivity contribution in [3.05, 3.63) is 53.0 Å². The highest BCUT2D eigenvalue weighted by atomic mass is 32.2. The number of rotatable bonds is 5. The molecular weight excluding hydrogens is 396 g/mol. The lowest BCUT2D eigenvalue weighted by Gasteiger charge is -2.31. The molecule has 8 nitrogen and oxygen atoms in total. The molecule has 156 valence electrons. The van der Waals surface area contributed by atoms with Crippen molar-refractivity contribution in [2.75, 3.05) is 20.2 Å². The van der Waals surface area contributed by atoms with Gasteiger partial charge in [0.15, 0.2) is 5.76 Å². The van der Waals surface area contributed by atoms with Crippen molar-refractivity contribution in [2.24, 2.45) is 0 Å². The molecule has 2 heterocycles. The summed E-state index contributed by atoms with van der Waals surface area (Å²) in [6.07, 6.45) is 0.973. The summed E-state index contributed by atoms with van der Waals surface area (Å²) in [4.78, 5) is 24.1. The van der Waals surface area contributed by atoms with Crippen molar-refractivity contribution in [1.29, 1.82) is 0 Å². The van der Waals surface area contributed by atoms with Gasteiger partial charge in [-0.25, -0.2) is 13.2 Å². The predicted octanol–water partition coefficient (Wildman–Crippen LogP) is 2.27. The van der Waals surface area contributed by atoms with Crippen LogP contribution >= 0.6 is 0 Å². The minimum atomic E-state index is -3.76. The standard InChI is InChI=1S/C20H24N2O6S/c1-13-4-6-15(20(24)27-3)12-18(13)29(25,26)22-10-8-16(9-11-22)21-19(23)17-7-5-14(2)28-17/h4-7,12,16H,8-11H2,1-3H3,(H,21,23). The Morgan fingerprint density at radius 2 is 1.83 bits per heavy atom. The Kier molecular flexibility index (Phi) is 6.09. The Hall–Kier alpha value is -2.65. The highest BCUT2D eigenvalue weighted by Crippen LogP contribution is 2.25. The van der Waals surface area contributed by atoms with E-state index >= 15 is 0 Å². The molecular formula is C20H24N2O6S. The first-order valence-corrected chi connectivity index (χ1v) is 10.7. The number of aryl methyl sites for hydroxylation is 2. The highest BCUT2D eigenvalue weighted by Gasteiger charge is 2.31. The van der Waals surface area contributed by atoms with E-state index in [9.17, 15) is 18.0 Å². The summed E-state index contributed by atoms with van der Waals surface area (Å²) in [5.74, 6) is 0.00508. The van der Waals surface area contributed by atoms with E-state index < -0.39 is 16.0 Å². The Balaban J connectivity index is 1.68. The van der Waals surface area contributed by atoms with Crippen LogP contribution in [-0.2, 0) is 14.8 Å². The molecule has 1 saturated heterocycles. The molecule has 2 aromatic rings. The van der Waals surface area contributed by atoms with Gasteiger partial charge in [-0.15, -0.1) is 0 Å². The fourth-order valence-corrected chi connectivity index (χ4v) is 5.04. The predicted molar refractivity (Wildman–Crippen MR) is 105 cm³/mol. The zero-order valence-electron chi connectivity index (χ0n) is 16.6. The third kappa shape index (κ3) is 4.51. The van der Waals surface area contributed by atoms with Crippen LogP contribution in [-0.4, -0.2) is 50.8 Å². The second kappa shape index (κ2) is 8.38. The number of hydrogen-bond acceptors (Lipinski definition) is 6. The van der Waals surface area contributed by atoms with Crippen molar-refractivity contribution < 1.29 is 27.2 Å². The van der Waals surface area contributed by atoms with Gasteiger partial charge in [0.1, 0.15) is 5.76 Å². The topological polar surface area (TPSA) is 106 Å². The van der Waals surface area contributed by atoms with E-state index in [1.165, 1.54) is 23.5 Å². The molecule has 1 aromatic carbocycles. The van der Waals surface area contributed by atoms with Crippen LogP contribution in [0.1, 0.15) is 45.1 Å². The van der Waals surface area contributed by atoms with Gasteiger partial charge in [0.05, 0.1) is 17.6 Å². The van der Waals surface area contributed by atoms with E-state index in [2.05, 4.69) is 10.1 Å². The minimum Gasteiger partial charge on any atom is -0.465 e. The first-order chi connectivity index (χ1) is 13.7. The molecule has 1 aliphatic rings. The number of carbonyl (C=O) groups excluding carboxylic acids is 2. The molecule has 1 N–H and O–H groups in total. The number of furan rings is 1. The van der Waals surface area contributed by atoms with E-state index in [1.807, 2.05) is 0 Å².